The standard InChI is InChI=1S/C25H22F4N4O2/c1-14-5-3-4-6-19(14)31-21-20(11-16(13-30-21)23(35)33-24(2)7-8-24)32-22(34)15-9-17(25(27,28)29)12-18(26)10-15/h3-6,9-13H,7-8H2,1-2H3,(H,30,31)(H,32,34)(H,33,35). The highest BCUT2D eigenvalue weighted by Gasteiger charge is 2.39. The third-order valence-electron chi connectivity index (χ3n) is 5.70. The lowest BCUT2D eigenvalue weighted by atomic mass is 10.1. The van der Waals surface area contributed by atoms with Crippen LogP contribution in [0.5, 0.6) is 0 Å². The van der Waals surface area contributed by atoms with Crippen LogP contribution in [0.2, 0.25) is 0 Å². The fraction of sp³-hybridized carbons (Fsp3) is 0.240. The number of carbonyl (C=O) groups is 2. The fourth-order valence-electron chi connectivity index (χ4n) is 3.36. The van der Waals surface area contributed by atoms with Gasteiger partial charge in [0.2, 0.25) is 0 Å². The molecule has 0 spiro atoms. The first-order chi connectivity index (χ1) is 16.4. The second-order valence-electron chi connectivity index (χ2n) is 8.76. The quantitative estimate of drug-likeness (QED) is 0.383. The van der Waals surface area contributed by atoms with Gasteiger partial charge in [-0.25, -0.2) is 9.37 Å². The lowest BCUT2D eigenvalue weighted by Crippen LogP contribution is -2.34. The van der Waals surface area contributed by atoms with Crippen LogP contribution in [0.3, 0.4) is 0 Å². The van der Waals surface area contributed by atoms with Crippen LogP contribution in [0.4, 0.5) is 34.8 Å². The zero-order chi connectivity index (χ0) is 25.4. The van der Waals surface area contributed by atoms with Crippen molar-refractivity contribution in [1.29, 1.82) is 0 Å². The predicted octanol–water partition coefficient (Wildman–Crippen LogP) is 5.83. The van der Waals surface area contributed by atoms with Gasteiger partial charge in [-0.1, -0.05) is 18.2 Å². The van der Waals surface area contributed by atoms with E-state index < -0.39 is 34.9 Å². The number of nitrogens with zero attached hydrogens (tertiary/aromatic N) is 1. The van der Waals surface area contributed by atoms with Crippen molar-refractivity contribution in [3.63, 3.8) is 0 Å². The van der Waals surface area contributed by atoms with Crippen LogP contribution >= 0.6 is 0 Å². The van der Waals surface area contributed by atoms with Gasteiger partial charge in [0.05, 0.1) is 16.8 Å². The number of aromatic nitrogens is 1. The summed E-state index contributed by atoms with van der Waals surface area (Å²) >= 11 is 0. The molecule has 0 atom stereocenters. The number of hydrogen-bond acceptors (Lipinski definition) is 4. The van der Waals surface area contributed by atoms with E-state index in [1.54, 1.807) is 12.1 Å². The highest BCUT2D eigenvalue weighted by Crippen LogP contribution is 2.35. The average molecular weight is 486 g/mol. The lowest BCUT2D eigenvalue weighted by molar-refractivity contribution is -0.137. The number of pyridine rings is 1. The molecule has 4 rings (SSSR count). The highest BCUT2D eigenvalue weighted by atomic mass is 19.4. The maximum Gasteiger partial charge on any atom is 0.416 e. The maximum absolute atomic E-state index is 13.8. The second kappa shape index (κ2) is 9.01. The van der Waals surface area contributed by atoms with Crippen molar-refractivity contribution < 1.29 is 27.2 Å². The molecule has 1 fully saturated rings. The zero-order valence-corrected chi connectivity index (χ0v) is 18.9. The molecule has 3 aromatic rings. The number of amides is 2. The van der Waals surface area contributed by atoms with Gasteiger partial charge in [-0.3, -0.25) is 9.59 Å². The summed E-state index contributed by atoms with van der Waals surface area (Å²) in [6.45, 7) is 3.75. The largest absolute Gasteiger partial charge is 0.416 e. The zero-order valence-electron chi connectivity index (χ0n) is 18.9. The van der Waals surface area contributed by atoms with Gasteiger partial charge in [0, 0.05) is 23.0 Å². The number of anilines is 3. The van der Waals surface area contributed by atoms with E-state index in [2.05, 4.69) is 20.9 Å². The molecule has 1 saturated carbocycles. The predicted molar refractivity (Wildman–Crippen MR) is 123 cm³/mol. The summed E-state index contributed by atoms with van der Waals surface area (Å²) in [7, 11) is 0. The van der Waals surface area contributed by atoms with Crippen LogP contribution < -0.4 is 16.0 Å². The minimum atomic E-state index is -4.83. The summed E-state index contributed by atoms with van der Waals surface area (Å²) in [5.74, 6) is -2.43. The van der Waals surface area contributed by atoms with Crippen molar-refractivity contribution in [3.8, 4) is 0 Å². The van der Waals surface area contributed by atoms with Crippen LogP contribution in [0.25, 0.3) is 0 Å². The molecule has 2 aromatic carbocycles. The number of hydrogen-bond donors (Lipinski definition) is 3. The van der Waals surface area contributed by atoms with Crippen molar-refractivity contribution >= 4 is 29.0 Å². The van der Waals surface area contributed by atoms with E-state index in [1.807, 2.05) is 26.0 Å². The fourth-order valence-corrected chi connectivity index (χ4v) is 3.36. The number of alkyl halides is 3. The molecule has 1 aliphatic rings. The Bertz CT molecular complexity index is 1300. The molecule has 10 heteroatoms. The number of aryl methyl sites for hydroxylation is 1. The molecule has 2 amide bonds. The first kappa shape index (κ1) is 24.2. The molecule has 35 heavy (non-hydrogen) atoms. The minimum Gasteiger partial charge on any atom is -0.347 e. The molecule has 0 aliphatic heterocycles. The molecule has 182 valence electrons. The molecular formula is C25H22F4N4O2. The summed E-state index contributed by atoms with van der Waals surface area (Å²) in [5.41, 5.74) is -0.375. The van der Waals surface area contributed by atoms with Crippen molar-refractivity contribution in [2.24, 2.45) is 0 Å². The van der Waals surface area contributed by atoms with Crippen LogP contribution in [-0.4, -0.2) is 22.3 Å². The Kier molecular flexibility index (Phi) is 6.23. The third kappa shape index (κ3) is 5.76. The van der Waals surface area contributed by atoms with E-state index in [0.29, 0.717) is 23.9 Å². The summed E-state index contributed by atoms with van der Waals surface area (Å²) in [4.78, 5) is 29.8. The Morgan fingerprint density at radius 1 is 0.971 bits per heavy atom. The smallest absolute Gasteiger partial charge is 0.347 e. The van der Waals surface area contributed by atoms with Gasteiger partial charge in [0.15, 0.2) is 5.82 Å². The molecule has 0 radical (unpaired) electrons. The normalized spacial score (nSPS) is 14.2. The number of para-hydroxylation sites is 1. The number of nitrogens with one attached hydrogen (secondary N) is 3. The molecule has 0 bridgehead atoms. The number of carbonyl (C=O) groups excluding carboxylic acids is 2. The maximum atomic E-state index is 13.8. The van der Waals surface area contributed by atoms with E-state index in [4.69, 9.17) is 0 Å². The Morgan fingerprint density at radius 3 is 2.34 bits per heavy atom. The van der Waals surface area contributed by atoms with Gasteiger partial charge >= 0.3 is 6.18 Å². The average Bonchev–Trinajstić information content (AvgIpc) is 3.51. The van der Waals surface area contributed by atoms with E-state index in [9.17, 15) is 27.2 Å². The van der Waals surface area contributed by atoms with Crippen LogP contribution in [0, 0.1) is 12.7 Å². The Balaban J connectivity index is 1.68. The topological polar surface area (TPSA) is 83.1 Å². The second-order valence-corrected chi connectivity index (χ2v) is 8.76. The van der Waals surface area contributed by atoms with E-state index in [0.717, 1.165) is 18.4 Å². The number of rotatable bonds is 6. The van der Waals surface area contributed by atoms with Gasteiger partial charge in [-0.15, -0.1) is 0 Å². The first-order valence-corrected chi connectivity index (χ1v) is 10.8. The number of benzene rings is 2. The monoisotopic (exact) mass is 486 g/mol. The summed E-state index contributed by atoms with van der Waals surface area (Å²) in [5, 5.41) is 8.41. The molecule has 0 saturated heterocycles. The van der Waals surface area contributed by atoms with E-state index in [1.165, 1.54) is 12.3 Å². The van der Waals surface area contributed by atoms with Gasteiger partial charge in [0.25, 0.3) is 11.8 Å². The summed E-state index contributed by atoms with van der Waals surface area (Å²) in [6.07, 6.45) is -1.82. The lowest BCUT2D eigenvalue weighted by Gasteiger charge is -2.16. The summed E-state index contributed by atoms with van der Waals surface area (Å²) < 4.78 is 53.1. The summed E-state index contributed by atoms with van der Waals surface area (Å²) in [6, 6.07) is 10.2. The van der Waals surface area contributed by atoms with Crippen LogP contribution in [0.1, 0.15) is 51.6 Å². The Hall–Kier alpha value is -3.95. The molecule has 3 N–H and O–H groups in total. The molecule has 6 nitrogen and oxygen atoms in total. The minimum absolute atomic E-state index is 0.0460. The Morgan fingerprint density at radius 2 is 1.69 bits per heavy atom. The SMILES string of the molecule is Cc1ccccc1Nc1ncc(C(=O)NC2(C)CC2)cc1NC(=O)c1cc(F)cc(C(F)(F)F)c1. The van der Waals surface area contributed by atoms with Crippen molar-refractivity contribution in [3.05, 3.63) is 82.8 Å². The van der Waals surface area contributed by atoms with E-state index >= 15 is 0 Å². The van der Waals surface area contributed by atoms with Gasteiger partial charge in [-0.05, 0) is 62.6 Å². The van der Waals surface area contributed by atoms with Crippen molar-refractivity contribution in [2.75, 3.05) is 10.6 Å². The van der Waals surface area contributed by atoms with Crippen LogP contribution in [0.15, 0.2) is 54.7 Å². The Labute approximate surface area is 198 Å². The van der Waals surface area contributed by atoms with Gasteiger partial charge < -0.3 is 16.0 Å². The van der Waals surface area contributed by atoms with E-state index in [-0.39, 0.29) is 22.6 Å². The van der Waals surface area contributed by atoms with Gasteiger partial charge in [-0.2, -0.15) is 13.2 Å². The molecule has 1 aromatic heterocycles. The van der Waals surface area contributed by atoms with Gasteiger partial charge in [0.1, 0.15) is 5.82 Å². The number of halogens is 4. The van der Waals surface area contributed by atoms with Crippen molar-refractivity contribution in [1.82, 2.24) is 10.3 Å². The molecule has 1 heterocycles. The molecule has 1 aliphatic carbocycles. The van der Waals surface area contributed by atoms with Crippen molar-refractivity contribution in [2.45, 2.75) is 38.4 Å². The third-order valence-corrected chi connectivity index (χ3v) is 5.70. The molecule has 0 unspecified atom stereocenters. The first-order valence-electron chi connectivity index (χ1n) is 10.8. The van der Waals surface area contributed by atoms with Crippen LogP contribution in [-0.2, 0) is 6.18 Å². The molecular weight excluding hydrogens is 464 g/mol. The highest BCUT2D eigenvalue weighted by molar-refractivity contribution is 6.07.